The molecular formula is C22H29NO6. The van der Waals surface area contributed by atoms with E-state index in [-0.39, 0.29) is 48.5 Å². The second-order valence-corrected chi connectivity index (χ2v) is 9.00. The average molecular weight is 403 g/mol. The number of carboxylic acid groups (broad SMARTS) is 1. The molecule has 1 aromatic rings. The van der Waals surface area contributed by atoms with Gasteiger partial charge >= 0.3 is 5.97 Å². The molecule has 2 N–H and O–H groups in total. The zero-order valence-corrected chi connectivity index (χ0v) is 17.0. The first kappa shape index (κ1) is 20.0. The van der Waals surface area contributed by atoms with Crippen LogP contribution in [-0.4, -0.2) is 51.8 Å². The van der Waals surface area contributed by atoms with Crippen molar-refractivity contribution < 1.29 is 29.3 Å². The lowest BCUT2D eigenvalue weighted by atomic mass is 9.70. The summed E-state index contributed by atoms with van der Waals surface area (Å²) in [4.78, 5) is 25.1. The molecule has 0 saturated carbocycles. The third-order valence-electron chi connectivity index (χ3n) is 6.61. The van der Waals surface area contributed by atoms with Gasteiger partial charge in [0.2, 0.25) is 5.91 Å². The monoisotopic (exact) mass is 403 g/mol. The van der Waals surface area contributed by atoms with Crippen LogP contribution in [0.25, 0.3) is 0 Å². The van der Waals surface area contributed by atoms with Gasteiger partial charge in [0, 0.05) is 49.4 Å². The molecule has 0 aromatic heterocycles. The molecule has 7 heteroatoms. The first-order chi connectivity index (χ1) is 13.7. The van der Waals surface area contributed by atoms with E-state index in [0.717, 1.165) is 18.4 Å². The summed E-state index contributed by atoms with van der Waals surface area (Å²) in [6, 6.07) is 5.21. The molecule has 1 aromatic carbocycles. The summed E-state index contributed by atoms with van der Waals surface area (Å²) >= 11 is 0. The van der Waals surface area contributed by atoms with Gasteiger partial charge in [0.05, 0.1) is 12.2 Å². The van der Waals surface area contributed by atoms with E-state index < -0.39 is 11.6 Å². The summed E-state index contributed by atoms with van der Waals surface area (Å²) in [6.07, 6.45) is 2.39. The molecule has 0 spiro atoms. The number of fused-ring (bicyclic) bond motifs is 4. The van der Waals surface area contributed by atoms with Crippen LogP contribution < -0.4 is 4.74 Å². The number of phenols is 1. The minimum atomic E-state index is -0.864. The zero-order valence-electron chi connectivity index (χ0n) is 17.0. The van der Waals surface area contributed by atoms with Crippen molar-refractivity contribution in [2.75, 3.05) is 13.1 Å². The molecule has 3 heterocycles. The Morgan fingerprint density at radius 2 is 2.07 bits per heavy atom. The maximum atomic E-state index is 12.5. The summed E-state index contributed by atoms with van der Waals surface area (Å²) < 4.78 is 12.8. The molecule has 29 heavy (non-hydrogen) atoms. The van der Waals surface area contributed by atoms with E-state index in [1.165, 1.54) is 0 Å². The van der Waals surface area contributed by atoms with Gasteiger partial charge in [-0.05, 0) is 45.2 Å². The van der Waals surface area contributed by atoms with Gasteiger partial charge in [-0.3, -0.25) is 9.59 Å². The van der Waals surface area contributed by atoms with E-state index >= 15 is 0 Å². The van der Waals surface area contributed by atoms with Crippen LogP contribution in [0.2, 0.25) is 0 Å². The third kappa shape index (κ3) is 3.92. The number of rotatable bonds is 4. The van der Waals surface area contributed by atoms with Crippen LogP contribution in [0.4, 0.5) is 0 Å². The van der Waals surface area contributed by atoms with Crippen molar-refractivity contribution in [1.82, 2.24) is 4.90 Å². The normalized spacial score (nSPS) is 29.8. The Morgan fingerprint density at radius 1 is 1.28 bits per heavy atom. The number of nitrogens with zero attached hydrogens (tertiary/aromatic N) is 1. The Balaban J connectivity index is 1.46. The maximum absolute atomic E-state index is 12.5. The van der Waals surface area contributed by atoms with Crippen molar-refractivity contribution in [2.45, 2.75) is 63.8 Å². The summed E-state index contributed by atoms with van der Waals surface area (Å²) in [5.41, 5.74) is 0.544. The number of likely N-dealkylation sites (tertiary alicyclic amines) is 1. The van der Waals surface area contributed by atoms with Crippen molar-refractivity contribution in [3.63, 3.8) is 0 Å². The van der Waals surface area contributed by atoms with Crippen molar-refractivity contribution in [3.05, 3.63) is 23.8 Å². The van der Waals surface area contributed by atoms with Crippen LogP contribution >= 0.6 is 0 Å². The number of amides is 1. The van der Waals surface area contributed by atoms with Crippen LogP contribution in [0, 0.1) is 11.8 Å². The van der Waals surface area contributed by atoms with Gasteiger partial charge < -0.3 is 24.6 Å². The van der Waals surface area contributed by atoms with Gasteiger partial charge in [-0.2, -0.15) is 0 Å². The number of carbonyl (C=O) groups is 2. The van der Waals surface area contributed by atoms with E-state index in [1.54, 1.807) is 12.1 Å². The van der Waals surface area contributed by atoms with Crippen molar-refractivity contribution in [3.8, 4) is 11.5 Å². The van der Waals surface area contributed by atoms with Gasteiger partial charge in [-0.15, -0.1) is 0 Å². The van der Waals surface area contributed by atoms with Crippen LogP contribution in [-0.2, 0) is 14.3 Å². The van der Waals surface area contributed by atoms with Crippen molar-refractivity contribution in [2.24, 2.45) is 11.8 Å². The highest BCUT2D eigenvalue weighted by Crippen LogP contribution is 2.53. The number of aromatic hydroxyl groups is 1. The van der Waals surface area contributed by atoms with Gasteiger partial charge in [-0.25, -0.2) is 0 Å². The first-order valence-electron chi connectivity index (χ1n) is 10.4. The lowest BCUT2D eigenvalue weighted by Crippen LogP contribution is -2.55. The Bertz CT molecular complexity index is 806. The zero-order chi connectivity index (χ0) is 20.8. The number of aliphatic carboxylic acids is 1. The summed E-state index contributed by atoms with van der Waals surface area (Å²) in [5, 5.41) is 18.6. The Labute approximate surface area is 170 Å². The molecule has 4 rings (SSSR count). The molecule has 3 aliphatic heterocycles. The summed E-state index contributed by atoms with van der Waals surface area (Å²) in [7, 11) is 0. The fraction of sp³-hybridized carbons (Fsp3) is 0.636. The molecule has 2 fully saturated rings. The van der Waals surface area contributed by atoms with Gasteiger partial charge in [0.15, 0.2) is 0 Å². The predicted molar refractivity (Wildman–Crippen MR) is 105 cm³/mol. The third-order valence-corrected chi connectivity index (χ3v) is 6.61. The number of carbonyl (C=O) groups excluding carboxylic acids is 1. The fourth-order valence-electron chi connectivity index (χ4n) is 5.07. The highest BCUT2D eigenvalue weighted by atomic mass is 16.5. The highest BCUT2D eigenvalue weighted by Gasteiger charge is 2.51. The molecular weight excluding hydrogens is 374 g/mol. The molecule has 0 radical (unpaired) electrons. The Kier molecular flexibility index (Phi) is 5.19. The smallest absolute Gasteiger partial charge is 0.303 e. The number of piperidine rings is 1. The topological polar surface area (TPSA) is 96.3 Å². The lowest BCUT2D eigenvalue weighted by molar-refractivity contribution is -0.188. The summed E-state index contributed by atoms with van der Waals surface area (Å²) in [5.74, 6) is 0.433. The lowest BCUT2D eigenvalue weighted by Gasteiger charge is -2.53. The molecule has 1 amide bonds. The van der Waals surface area contributed by atoms with Crippen LogP contribution in [0.5, 0.6) is 11.5 Å². The van der Waals surface area contributed by atoms with Crippen molar-refractivity contribution in [1.29, 1.82) is 0 Å². The quantitative estimate of drug-likeness (QED) is 0.802. The van der Waals surface area contributed by atoms with Crippen LogP contribution in [0.15, 0.2) is 18.2 Å². The van der Waals surface area contributed by atoms with Crippen molar-refractivity contribution >= 4 is 11.9 Å². The van der Waals surface area contributed by atoms with E-state index in [4.69, 9.17) is 14.6 Å². The Hall–Kier alpha value is -2.28. The summed E-state index contributed by atoms with van der Waals surface area (Å²) in [6.45, 7) is 5.41. The second kappa shape index (κ2) is 7.52. The largest absolute Gasteiger partial charge is 0.508 e. The van der Waals surface area contributed by atoms with Crippen LogP contribution in [0.1, 0.15) is 57.6 Å². The molecule has 4 atom stereocenters. The number of ether oxygens (including phenoxy) is 2. The Morgan fingerprint density at radius 3 is 2.83 bits per heavy atom. The number of hydrogen-bond donors (Lipinski definition) is 2. The van der Waals surface area contributed by atoms with Gasteiger partial charge in [0.1, 0.15) is 17.1 Å². The van der Waals surface area contributed by atoms with E-state index in [2.05, 4.69) is 13.8 Å². The first-order valence-corrected chi connectivity index (χ1v) is 10.4. The number of carboxylic acids is 1. The number of phenolic OH excluding ortho intramolecular Hbond substituents is 1. The number of benzene rings is 1. The molecule has 2 saturated heterocycles. The fourth-order valence-corrected chi connectivity index (χ4v) is 5.07. The predicted octanol–water partition coefficient (Wildman–Crippen LogP) is 3.11. The number of hydrogen-bond acceptors (Lipinski definition) is 5. The molecule has 0 unspecified atom stereocenters. The standard InChI is InChI=1S/C22H29NO6/c1-22(2)16-10-13-12-23(19(25)4-3-5-20(26)27)9-8-17(13)28-21(16)15-7-6-14(24)11-18(15)29-22/h6-7,11,13,16-17,21,24H,3-5,8-10,12H2,1-2H3,(H,26,27)/t13-,16-,17-,21+/m1/s1. The highest BCUT2D eigenvalue weighted by molar-refractivity contribution is 5.77. The molecule has 0 aliphatic carbocycles. The SMILES string of the molecule is CC1(C)Oc2cc(O)ccc2[C@@H]2O[C@@H]3CCN(C(=O)CCCC(=O)O)C[C@H]3C[C@H]21. The molecule has 0 bridgehead atoms. The van der Waals surface area contributed by atoms with E-state index in [9.17, 15) is 14.7 Å². The minimum absolute atomic E-state index is 0.0268. The van der Waals surface area contributed by atoms with Gasteiger partial charge in [-0.1, -0.05) is 0 Å². The van der Waals surface area contributed by atoms with Crippen LogP contribution in [0.3, 0.4) is 0 Å². The van der Waals surface area contributed by atoms with E-state index in [1.807, 2.05) is 11.0 Å². The molecule has 7 nitrogen and oxygen atoms in total. The molecule has 3 aliphatic rings. The minimum Gasteiger partial charge on any atom is -0.508 e. The second-order valence-electron chi connectivity index (χ2n) is 9.00. The average Bonchev–Trinajstić information content (AvgIpc) is 2.65. The van der Waals surface area contributed by atoms with E-state index in [0.29, 0.717) is 25.3 Å². The maximum Gasteiger partial charge on any atom is 0.303 e. The molecule has 158 valence electrons. The van der Waals surface area contributed by atoms with Gasteiger partial charge in [0.25, 0.3) is 0 Å².